The molecule has 0 aliphatic rings. The summed E-state index contributed by atoms with van der Waals surface area (Å²) in [5.41, 5.74) is 8.85. The van der Waals surface area contributed by atoms with Crippen molar-refractivity contribution < 1.29 is 8.42 Å². The summed E-state index contributed by atoms with van der Waals surface area (Å²) in [4.78, 5) is 7.08. The van der Waals surface area contributed by atoms with Crippen LogP contribution in [0.3, 0.4) is 0 Å². The topological polar surface area (TPSA) is 132 Å². The zero-order chi connectivity index (χ0) is 19.6. The molecule has 0 bridgehead atoms. The number of rotatable bonds is 7. The summed E-state index contributed by atoms with van der Waals surface area (Å²) in [6.45, 7) is 0.586. The molecule has 0 aliphatic heterocycles. The van der Waals surface area contributed by atoms with E-state index in [1.165, 1.54) is 11.3 Å². The van der Waals surface area contributed by atoms with Crippen LogP contribution in [0.15, 0.2) is 58.4 Å². The molecule has 0 amide bonds. The lowest BCUT2D eigenvalue weighted by Gasteiger charge is -2.04. The van der Waals surface area contributed by atoms with Crippen LogP contribution in [-0.2, 0) is 16.6 Å². The molecule has 0 unspecified atom stereocenters. The lowest BCUT2D eigenvalue weighted by Crippen LogP contribution is -2.27. The van der Waals surface area contributed by atoms with Crippen molar-refractivity contribution in [2.75, 3.05) is 12.3 Å². The molecule has 0 fully saturated rings. The van der Waals surface area contributed by atoms with E-state index in [0.29, 0.717) is 22.4 Å². The third-order valence-electron chi connectivity index (χ3n) is 3.98. The van der Waals surface area contributed by atoms with Crippen LogP contribution in [0, 0.1) is 0 Å². The van der Waals surface area contributed by atoms with Gasteiger partial charge in [-0.1, -0.05) is 29.5 Å². The Balaban J connectivity index is 0.00000240. The van der Waals surface area contributed by atoms with Crippen LogP contribution in [0.1, 0.15) is 0 Å². The highest BCUT2D eigenvalue weighted by Gasteiger charge is 2.14. The minimum absolute atomic E-state index is 0. The van der Waals surface area contributed by atoms with Crippen LogP contribution < -0.4 is 10.5 Å². The zero-order valence-electron chi connectivity index (χ0n) is 15.0. The van der Waals surface area contributed by atoms with Crippen LogP contribution in [0.2, 0.25) is 0 Å². The summed E-state index contributed by atoms with van der Waals surface area (Å²) in [6.07, 6.45) is 3.52. The highest BCUT2D eigenvalue weighted by atomic mass is 35.5. The Bertz CT molecular complexity index is 1190. The average Bonchev–Trinajstić information content (AvgIpc) is 3.44. The van der Waals surface area contributed by atoms with Gasteiger partial charge in [0, 0.05) is 23.9 Å². The Kier molecular flexibility index (Phi) is 6.33. The van der Waals surface area contributed by atoms with Gasteiger partial charge in [-0.3, -0.25) is 4.68 Å². The number of sulfonamides is 1. The number of anilines is 1. The maximum Gasteiger partial charge on any atom is 0.250 e. The molecule has 29 heavy (non-hydrogen) atoms. The van der Waals surface area contributed by atoms with E-state index >= 15 is 0 Å². The van der Waals surface area contributed by atoms with E-state index in [4.69, 9.17) is 5.73 Å². The molecule has 0 atom stereocenters. The van der Waals surface area contributed by atoms with Gasteiger partial charge < -0.3 is 10.7 Å². The Morgan fingerprint density at radius 3 is 2.66 bits per heavy atom. The molecule has 0 radical (unpaired) electrons. The summed E-state index contributed by atoms with van der Waals surface area (Å²) in [5, 5.41) is 9.98. The van der Waals surface area contributed by atoms with Crippen LogP contribution in [-0.4, -0.2) is 39.9 Å². The minimum Gasteiger partial charge on any atom is -0.369 e. The maximum atomic E-state index is 12.1. The number of hydrogen-bond acceptors (Lipinski definition) is 7. The second-order valence-electron chi connectivity index (χ2n) is 5.95. The fraction of sp³-hybridized carbons (Fsp3) is 0.118. The normalized spacial score (nSPS) is 11.3. The van der Waals surface area contributed by atoms with E-state index in [9.17, 15) is 8.42 Å². The summed E-state index contributed by atoms with van der Waals surface area (Å²) in [6, 6.07) is 11.0. The van der Waals surface area contributed by atoms with E-state index < -0.39 is 10.0 Å². The number of nitrogens with two attached hydrogens (primary N) is 1. The number of nitrogens with zero attached hydrogens (tertiary/aromatic N) is 4. The Morgan fingerprint density at radius 1 is 1.17 bits per heavy atom. The van der Waals surface area contributed by atoms with Gasteiger partial charge in [0.1, 0.15) is 9.90 Å². The predicted molar refractivity (Wildman–Crippen MR) is 114 cm³/mol. The highest BCUT2D eigenvalue weighted by molar-refractivity contribution is 7.91. The van der Waals surface area contributed by atoms with Gasteiger partial charge in [0.05, 0.1) is 18.4 Å². The molecular weight excluding hydrogens is 434 g/mol. The summed E-state index contributed by atoms with van der Waals surface area (Å²) < 4.78 is 28.7. The molecule has 4 N–H and O–H groups in total. The van der Waals surface area contributed by atoms with Crippen molar-refractivity contribution in [1.82, 2.24) is 29.7 Å². The number of thiophene rings is 1. The molecule has 0 saturated carbocycles. The monoisotopic (exact) mass is 451 g/mol. The van der Waals surface area contributed by atoms with Crippen LogP contribution in [0.4, 0.5) is 5.95 Å². The largest absolute Gasteiger partial charge is 0.369 e. The summed E-state index contributed by atoms with van der Waals surface area (Å²) >= 11 is 1.18. The molecule has 0 spiro atoms. The standard InChI is InChI=1S/C17H17N7O2S2.ClH/c18-17-19-10-14(21-17)12-3-1-4-13(9-12)15-11-24(23-22-15)7-6-20-28(25,26)16-5-2-8-27-16;/h1-5,8-11,20H,6-7H2,(H3,18,19,21);1H. The van der Waals surface area contributed by atoms with E-state index in [-0.39, 0.29) is 19.0 Å². The summed E-state index contributed by atoms with van der Waals surface area (Å²) in [7, 11) is -3.48. The first-order valence-electron chi connectivity index (χ1n) is 8.36. The van der Waals surface area contributed by atoms with Crippen molar-refractivity contribution in [1.29, 1.82) is 0 Å². The van der Waals surface area contributed by atoms with E-state index in [1.54, 1.807) is 34.6 Å². The predicted octanol–water partition coefficient (Wildman–Crippen LogP) is 2.38. The molecule has 0 aliphatic carbocycles. The van der Waals surface area contributed by atoms with Crippen molar-refractivity contribution in [3.8, 4) is 22.5 Å². The number of aromatic nitrogens is 5. The Morgan fingerprint density at radius 2 is 1.97 bits per heavy atom. The highest BCUT2D eigenvalue weighted by Crippen LogP contribution is 2.24. The van der Waals surface area contributed by atoms with Crippen LogP contribution >= 0.6 is 23.7 Å². The number of nitrogen functional groups attached to an aromatic ring is 1. The first-order chi connectivity index (χ1) is 13.5. The molecule has 12 heteroatoms. The Labute approximate surface area is 177 Å². The van der Waals surface area contributed by atoms with Gasteiger partial charge in [-0.15, -0.1) is 28.8 Å². The second kappa shape index (κ2) is 8.74. The van der Waals surface area contributed by atoms with E-state index in [0.717, 1.165) is 16.8 Å². The second-order valence-corrected chi connectivity index (χ2v) is 8.89. The first-order valence-corrected chi connectivity index (χ1v) is 10.7. The number of benzene rings is 1. The van der Waals surface area contributed by atoms with Gasteiger partial charge in [0.25, 0.3) is 0 Å². The van der Waals surface area contributed by atoms with E-state index in [1.807, 2.05) is 24.3 Å². The van der Waals surface area contributed by atoms with Crippen molar-refractivity contribution in [2.24, 2.45) is 0 Å². The van der Waals surface area contributed by atoms with Gasteiger partial charge in [0.15, 0.2) is 5.95 Å². The number of H-pyrrole nitrogens is 1. The zero-order valence-corrected chi connectivity index (χ0v) is 17.5. The van der Waals surface area contributed by atoms with Gasteiger partial charge in [0.2, 0.25) is 10.0 Å². The van der Waals surface area contributed by atoms with Gasteiger partial charge >= 0.3 is 0 Å². The number of imidazole rings is 1. The lowest BCUT2D eigenvalue weighted by atomic mass is 10.1. The maximum absolute atomic E-state index is 12.1. The van der Waals surface area contributed by atoms with Crippen molar-refractivity contribution in [3.05, 3.63) is 54.2 Å². The molecule has 3 heterocycles. The number of hydrogen-bond donors (Lipinski definition) is 3. The summed E-state index contributed by atoms with van der Waals surface area (Å²) in [5.74, 6) is 0.358. The van der Waals surface area contributed by atoms with Gasteiger partial charge in [-0.05, 0) is 17.5 Å². The van der Waals surface area contributed by atoms with Crippen molar-refractivity contribution >= 4 is 39.7 Å². The van der Waals surface area contributed by atoms with Crippen molar-refractivity contribution in [3.63, 3.8) is 0 Å². The molecule has 1 aromatic carbocycles. The molecule has 3 aromatic heterocycles. The first kappa shape index (κ1) is 21.0. The fourth-order valence-corrected chi connectivity index (χ4v) is 4.70. The van der Waals surface area contributed by atoms with Crippen LogP contribution in [0.25, 0.3) is 22.5 Å². The minimum atomic E-state index is -3.48. The Hall–Kier alpha value is -2.73. The average molecular weight is 452 g/mol. The molecule has 152 valence electrons. The van der Waals surface area contributed by atoms with Gasteiger partial charge in [-0.2, -0.15) is 0 Å². The number of aromatic amines is 1. The fourth-order valence-electron chi connectivity index (χ4n) is 2.64. The van der Waals surface area contributed by atoms with Crippen LogP contribution in [0.5, 0.6) is 0 Å². The molecule has 4 aromatic rings. The molecule has 9 nitrogen and oxygen atoms in total. The number of nitrogens with one attached hydrogen (secondary N) is 2. The van der Waals surface area contributed by atoms with E-state index in [2.05, 4.69) is 25.0 Å². The molecule has 0 saturated heterocycles. The quantitative estimate of drug-likeness (QED) is 0.395. The third kappa shape index (κ3) is 4.82. The smallest absolute Gasteiger partial charge is 0.250 e. The molecular formula is C17H18ClN7O2S2. The molecule has 4 rings (SSSR count). The van der Waals surface area contributed by atoms with Crippen molar-refractivity contribution in [2.45, 2.75) is 10.8 Å². The third-order valence-corrected chi connectivity index (χ3v) is 6.84. The number of halogens is 1. The lowest BCUT2D eigenvalue weighted by molar-refractivity contribution is 0.554. The SMILES string of the molecule is Cl.Nc1nc(-c2cccc(-c3cn(CCNS(=O)(=O)c4cccs4)nn3)c2)c[nH]1. The van der Waals surface area contributed by atoms with Gasteiger partial charge in [-0.25, -0.2) is 18.1 Å².